The zero-order valence-corrected chi connectivity index (χ0v) is 11.7. The van der Waals surface area contributed by atoms with Gasteiger partial charge in [-0.2, -0.15) is 5.10 Å². The molecule has 0 unspecified atom stereocenters. The first-order valence-electron chi connectivity index (χ1n) is 5.87. The van der Waals surface area contributed by atoms with Crippen LogP contribution in [0.5, 0.6) is 0 Å². The summed E-state index contributed by atoms with van der Waals surface area (Å²) in [5.41, 5.74) is 2.40. The van der Waals surface area contributed by atoms with E-state index in [0.29, 0.717) is 28.6 Å². The van der Waals surface area contributed by atoms with Crippen molar-refractivity contribution in [2.24, 2.45) is 7.05 Å². The summed E-state index contributed by atoms with van der Waals surface area (Å²) in [6, 6.07) is 3.23. The van der Waals surface area contributed by atoms with Crippen molar-refractivity contribution >= 4 is 17.6 Å². The molecule has 2 heterocycles. The minimum Gasteiger partial charge on any atom is -0.462 e. The molecule has 0 aliphatic heterocycles. The molecule has 5 nitrogen and oxygen atoms in total. The van der Waals surface area contributed by atoms with Crippen molar-refractivity contribution in [3.05, 3.63) is 34.6 Å². The molecule has 2 aromatic heterocycles. The van der Waals surface area contributed by atoms with Gasteiger partial charge in [-0.05, 0) is 26.0 Å². The Kier molecular flexibility index (Phi) is 3.85. The topological polar surface area (TPSA) is 57.0 Å². The fourth-order valence-corrected chi connectivity index (χ4v) is 1.90. The van der Waals surface area contributed by atoms with Gasteiger partial charge in [0.1, 0.15) is 5.69 Å². The molecule has 0 aliphatic carbocycles. The largest absolute Gasteiger partial charge is 0.462 e. The molecule has 2 aromatic rings. The number of aryl methyl sites for hydroxylation is 1. The summed E-state index contributed by atoms with van der Waals surface area (Å²) in [6.07, 6.45) is 1.54. The molecule has 0 saturated heterocycles. The summed E-state index contributed by atoms with van der Waals surface area (Å²) >= 11 is 6.20. The molecule has 0 N–H and O–H groups in total. The van der Waals surface area contributed by atoms with Gasteiger partial charge < -0.3 is 4.74 Å². The number of carbonyl (C=O) groups is 1. The minimum atomic E-state index is -0.380. The molecular formula is C13H14ClN3O2. The highest BCUT2D eigenvalue weighted by molar-refractivity contribution is 6.33. The Hall–Kier alpha value is -1.88. The van der Waals surface area contributed by atoms with E-state index >= 15 is 0 Å². The van der Waals surface area contributed by atoms with Gasteiger partial charge in [0.25, 0.3) is 0 Å². The summed E-state index contributed by atoms with van der Waals surface area (Å²) in [5, 5.41) is 4.83. The standard InChI is InChI=1S/C13H14ClN3O2/c1-4-19-13(18)9-5-6-15-10(7-9)12-11(14)8(2)17(3)16-12/h5-7H,4H2,1-3H3. The van der Waals surface area contributed by atoms with E-state index in [9.17, 15) is 4.79 Å². The van der Waals surface area contributed by atoms with Crippen LogP contribution in [0.3, 0.4) is 0 Å². The summed E-state index contributed by atoms with van der Waals surface area (Å²) in [6.45, 7) is 3.97. The number of carbonyl (C=O) groups excluding carboxylic acids is 1. The molecule has 0 amide bonds. The fraction of sp³-hybridized carbons (Fsp3) is 0.308. The number of hydrogen-bond acceptors (Lipinski definition) is 4. The zero-order valence-electron chi connectivity index (χ0n) is 11.0. The molecule has 0 aromatic carbocycles. The highest BCUT2D eigenvalue weighted by Gasteiger charge is 2.16. The van der Waals surface area contributed by atoms with Crippen molar-refractivity contribution < 1.29 is 9.53 Å². The lowest BCUT2D eigenvalue weighted by Gasteiger charge is -2.03. The van der Waals surface area contributed by atoms with Gasteiger partial charge >= 0.3 is 5.97 Å². The number of pyridine rings is 1. The highest BCUT2D eigenvalue weighted by Crippen LogP contribution is 2.28. The maximum absolute atomic E-state index is 11.7. The Labute approximate surface area is 116 Å². The molecule has 2 rings (SSSR count). The second-order valence-electron chi connectivity index (χ2n) is 4.02. The molecule has 0 aliphatic rings. The molecule has 0 fully saturated rings. The van der Waals surface area contributed by atoms with Gasteiger partial charge in [-0.1, -0.05) is 11.6 Å². The number of aromatic nitrogens is 3. The Morgan fingerprint density at radius 2 is 2.26 bits per heavy atom. The molecule has 0 spiro atoms. The lowest BCUT2D eigenvalue weighted by atomic mass is 10.2. The maximum atomic E-state index is 11.7. The van der Waals surface area contributed by atoms with Gasteiger partial charge in [-0.3, -0.25) is 9.67 Å². The van der Waals surface area contributed by atoms with Gasteiger partial charge in [0.05, 0.1) is 28.6 Å². The van der Waals surface area contributed by atoms with Crippen LogP contribution < -0.4 is 0 Å². The Balaban J connectivity index is 2.43. The summed E-state index contributed by atoms with van der Waals surface area (Å²) in [7, 11) is 1.81. The zero-order chi connectivity index (χ0) is 14.0. The second kappa shape index (κ2) is 5.40. The molecule has 100 valence electrons. The normalized spacial score (nSPS) is 10.5. The van der Waals surface area contributed by atoms with E-state index in [4.69, 9.17) is 16.3 Å². The third-order valence-corrected chi connectivity index (χ3v) is 3.23. The van der Waals surface area contributed by atoms with Crippen LogP contribution in [0.2, 0.25) is 5.02 Å². The van der Waals surface area contributed by atoms with Gasteiger partial charge in [0.15, 0.2) is 0 Å². The van der Waals surface area contributed by atoms with E-state index in [1.54, 1.807) is 37.0 Å². The molecule has 6 heteroatoms. The third-order valence-electron chi connectivity index (χ3n) is 2.77. The van der Waals surface area contributed by atoms with Crippen LogP contribution in [0, 0.1) is 6.92 Å². The summed E-state index contributed by atoms with van der Waals surface area (Å²) in [4.78, 5) is 15.9. The van der Waals surface area contributed by atoms with E-state index < -0.39 is 0 Å². The molecule has 0 atom stereocenters. The van der Waals surface area contributed by atoms with Crippen molar-refractivity contribution in [1.82, 2.24) is 14.8 Å². The Bertz CT molecular complexity index is 622. The van der Waals surface area contributed by atoms with Crippen LogP contribution in [0.4, 0.5) is 0 Å². The molecule has 0 radical (unpaired) electrons. The number of halogens is 1. The maximum Gasteiger partial charge on any atom is 0.338 e. The van der Waals surface area contributed by atoms with Crippen LogP contribution in [-0.4, -0.2) is 27.3 Å². The molecule has 0 saturated carbocycles. The average molecular weight is 280 g/mol. The van der Waals surface area contributed by atoms with Crippen molar-refractivity contribution in [3.63, 3.8) is 0 Å². The first kappa shape index (κ1) is 13.5. The number of nitrogens with zero attached hydrogens (tertiary/aromatic N) is 3. The quantitative estimate of drug-likeness (QED) is 0.811. The fourth-order valence-electron chi connectivity index (χ4n) is 1.65. The first-order valence-corrected chi connectivity index (χ1v) is 6.25. The second-order valence-corrected chi connectivity index (χ2v) is 4.40. The SMILES string of the molecule is CCOC(=O)c1ccnc(-c2nn(C)c(C)c2Cl)c1. The molecular weight excluding hydrogens is 266 g/mol. The monoisotopic (exact) mass is 279 g/mol. The third kappa shape index (κ3) is 2.61. The van der Waals surface area contributed by atoms with Crippen molar-refractivity contribution in [1.29, 1.82) is 0 Å². The van der Waals surface area contributed by atoms with Gasteiger partial charge in [-0.15, -0.1) is 0 Å². The lowest BCUT2D eigenvalue weighted by molar-refractivity contribution is 0.0526. The first-order chi connectivity index (χ1) is 9.04. The minimum absolute atomic E-state index is 0.333. The van der Waals surface area contributed by atoms with E-state index in [2.05, 4.69) is 10.1 Å². The van der Waals surface area contributed by atoms with E-state index in [1.165, 1.54) is 0 Å². The van der Waals surface area contributed by atoms with Crippen molar-refractivity contribution in [2.75, 3.05) is 6.61 Å². The Morgan fingerprint density at radius 3 is 2.84 bits per heavy atom. The van der Waals surface area contributed by atoms with Gasteiger partial charge in [-0.25, -0.2) is 4.79 Å². The van der Waals surface area contributed by atoms with E-state index in [1.807, 2.05) is 6.92 Å². The molecule has 0 bridgehead atoms. The highest BCUT2D eigenvalue weighted by atomic mass is 35.5. The predicted molar refractivity (Wildman–Crippen MR) is 72.1 cm³/mol. The number of hydrogen-bond donors (Lipinski definition) is 0. The number of ether oxygens (including phenoxy) is 1. The van der Waals surface area contributed by atoms with Gasteiger partial charge in [0.2, 0.25) is 0 Å². The predicted octanol–water partition coefficient (Wildman–Crippen LogP) is 2.62. The summed E-state index contributed by atoms with van der Waals surface area (Å²) in [5.74, 6) is -0.380. The van der Waals surface area contributed by atoms with Crippen molar-refractivity contribution in [2.45, 2.75) is 13.8 Å². The molecule has 19 heavy (non-hydrogen) atoms. The van der Waals surface area contributed by atoms with Crippen molar-refractivity contribution in [3.8, 4) is 11.4 Å². The Morgan fingerprint density at radius 1 is 1.53 bits per heavy atom. The van der Waals surface area contributed by atoms with Crippen LogP contribution in [0.1, 0.15) is 23.0 Å². The van der Waals surface area contributed by atoms with Crippen LogP contribution in [0.25, 0.3) is 11.4 Å². The van der Waals surface area contributed by atoms with Gasteiger partial charge in [0, 0.05) is 13.2 Å². The van der Waals surface area contributed by atoms with Crippen LogP contribution in [-0.2, 0) is 11.8 Å². The van der Waals surface area contributed by atoms with E-state index in [0.717, 1.165) is 5.69 Å². The number of rotatable bonds is 3. The smallest absolute Gasteiger partial charge is 0.338 e. The average Bonchev–Trinajstić information content (AvgIpc) is 2.67. The summed E-state index contributed by atoms with van der Waals surface area (Å²) < 4.78 is 6.63. The van der Waals surface area contributed by atoms with Crippen LogP contribution in [0.15, 0.2) is 18.3 Å². The lowest BCUT2D eigenvalue weighted by Crippen LogP contribution is -2.05. The van der Waals surface area contributed by atoms with Crippen LogP contribution >= 0.6 is 11.6 Å². The number of esters is 1. The van der Waals surface area contributed by atoms with E-state index in [-0.39, 0.29) is 5.97 Å².